The number of nitrogens with zero attached hydrogens (tertiary/aromatic N) is 2. The SMILES string of the molecule is C[C@H](O)CN1CCN([C@H](C)C(=O)N[C@@H]2CCOc3ccccc32)CC1. The van der Waals surface area contributed by atoms with Gasteiger partial charge >= 0.3 is 0 Å². The number of β-amino-alcohol motifs (C(OH)–C–C–N with tert-alkyl or cyclic N) is 1. The molecule has 0 unspecified atom stereocenters. The molecule has 0 radical (unpaired) electrons. The minimum atomic E-state index is -0.305. The van der Waals surface area contributed by atoms with E-state index in [9.17, 15) is 9.90 Å². The van der Waals surface area contributed by atoms with Crippen LogP contribution < -0.4 is 10.1 Å². The lowest BCUT2D eigenvalue weighted by Gasteiger charge is -2.38. The molecule has 1 aromatic carbocycles. The van der Waals surface area contributed by atoms with Gasteiger partial charge in [0.1, 0.15) is 5.75 Å². The second kappa shape index (κ2) is 8.17. The van der Waals surface area contributed by atoms with E-state index in [2.05, 4.69) is 15.1 Å². The summed E-state index contributed by atoms with van der Waals surface area (Å²) in [6.07, 6.45) is 0.498. The third kappa shape index (κ3) is 4.51. The summed E-state index contributed by atoms with van der Waals surface area (Å²) in [4.78, 5) is 17.2. The van der Waals surface area contributed by atoms with Gasteiger partial charge < -0.3 is 15.2 Å². The monoisotopic (exact) mass is 347 g/mol. The predicted molar refractivity (Wildman–Crippen MR) is 96.6 cm³/mol. The number of benzene rings is 1. The van der Waals surface area contributed by atoms with E-state index in [-0.39, 0.29) is 24.1 Å². The molecule has 138 valence electrons. The van der Waals surface area contributed by atoms with E-state index < -0.39 is 0 Å². The van der Waals surface area contributed by atoms with Crippen molar-refractivity contribution in [3.8, 4) is 5.75 Å². The van der Waals surface area contributed by atoms with Crippen molar-refractivity contribution < 1.29 is 14.6 Å². The van der Waals surface area contributed by atoms with Crippen LogP contribution >= 0.6 is 0 Å². The van der Waals surface area contributed by atoms with Crippen LogP contribution in [-0.2, 0) is 4.79 Å². The van der Waals surface area contributed by atoms with E-state index in [4.69, 9.17) is 4.74 Å². The molecule has 1 aromatic rings. The van der Waals surface area contributed by atoms with Crippen molar-refractivity contribution >= 4 is 5.91 Å². The number of aliphatic hydroxyl groups is 1. The zero-order valence-electron chi connectivity index (χ0n) is 15.1. The molecule has 2 heterocycles. The molecule has 0 spiro atoms. The van der Waals surface area contributed by atoms with Crippen LogP contribution in [0.25, 0.3) is 0 Å². The van der Waals surface area contributed by atoms with Gasteiger partial charge in [0.15, 0.2) is 0 Å². The first kappa shape index (κ1) is 18.2. The second-order valence-corrected chi connectivity index (χ2v) is 7.10. The summed E-state index contributed by atoms with van der Waals surface area (Å²) < 4.78 is 5.67. The van der Waals surface area contributed by atoms with Gasteiger partial charge in [0, 0.05) is 44.7 Å². The predicted octanol–water partition coefficient (Wildman–Crippen LogP) is 1.01. The topological polar surface area (TPSA) is 65.0 Å². The number of nitrogens with one attached hydrogen (secondary N) is 1. The summed E-state index contributed by atoms with van der Waals surface area (Å²) in [5.74, 6) is 0.948. The normalized spacial score (nSPS) is 24.0. The standard InChI is InChI=1S/C19H29N3O3/c1-14(23)13-21-8-10-22(11-9-21)15(2)19(24)20-17-7-12-25-18-6-4-3-5-16(17)18/h3-6,14-15,17,23H,7-13H2,1-2H3,(H,20,24)/t14-,15+,17+/m0/s1. The number of carbonyl (C=O) groups excluding carboxylic acids is 1. The molecule has 1 amide bonds. The Balaban J connectivity index is 1.54. The van der Waals surface area contributed by atoms with Crippen molar-refractivity contribution in [1.29, 1.82) is 0 Å². The zero-order valence-corrected chi connectivity index (χ0v) is 15.1. The number of amides is 1. The average Bonchev–Trinajstić information content (AvgIpc) is 2.61. The number of fused-ring (bicyclic) bond motifs is 1. The Morgan fingerprint density at radius 3 is 2.72 bits per heavy atom. The lowest BCUT2D eigenvalue weighted by Crippen LogP contribution is -2.55. The summed E-state index contributed by atoms with van der Waals surface area (Å²) in [6, 6.07) is 7.80. The van der Waals surface area contributed by atoms with Crippen molar-refractivity contribution in [3.05, 3.63) is 29.8 Å². The van der Waals surface area contributed by atoms with Crippen LogP contribution in [0.3, 0.4) is 0 Å². The number of rotatable bonds is 5. The fraction of sp³-hybridized carbons (Fsp3) is 0.632. The third-order valence-corrected chi connectivity index (χ3v) is 5.13. The van der Waals surface area contributed by atoms with Crippen molar-refractivity contribution in [2.24, 2.45) is 0 Å². The van der Waals surface area contributed by atoms with Gasteiger partial charge in [0.05, 0.1) is 24.8 Å². The minimum Gasteiger partial charge on any atom is -0.493 e. The van der Waals surface area contributed by atoms with Gasteiger partial charge in [-0.05, 0) is 19.9 Å². The Morgan fingerprint density at radius 2 is 2.00 bits per heavy atom. The highest BCUT2D eigenvalue weighted by Gasteiger charge is 2.29. The van der Waals surface area contributed by atoms with Gasteiger partial charge in [0.2, 0.25) is 5.91 Å². The van der Waals surface area contributed by atoms with E-state index in [1.807, 2.05) is 38.1 Å². The highest BCUT2D eigenvalue weighted by molar-refractivity contribution is 5.82. The van der Waals surface area contributed by atoms with Crippen LogP contribution in [0.2, 0.25) is 0 Å². The summed E-state index contributed by atoms with van der Waals surface area (Å²) in [5.41, 5.74) is 1.07. The van der Waals surface area contributed by atoms with Crippen molar-refractivity contribution in [2.75, 3.05) is 39.3 Å². The number of ether oxygens (including phenoxy) is 1. The average molecular weight is 347 g/mol. The highest BCUT2D eigenvalue weighted by atomic mass is 16.5. The molecule has 2 aliphatic heterocycles. The first-order valence-corrected chi connectivity index (χ1v) is 9.21. The maximum absolute atomic E-state index is 12.7. The molecule has 2 aliphatic rings. The molecule has 0 bridgehead atoms. The number of carbonyl (C=O) groups is 1. The zero-order chi connectivity index (χ0) is 17.8. The van der Waals surface area contributed by atoms with Crippen LogP contribution in [0.15, 0.2) is 24.3 Å². The molecule has 3 atom stereocenters. The summed E-state index contributed by atoms with van der Waals surface area (Å²) in [5, 5.41) is 12.7. The molecule has 25 heavy (non-hydrogen) atoms. The van der Waals surface area contributed by atoms with E-state index in [1.165, 1.54) is 0 Å². The van der Waals surface area contributed by atoms with Gasteiger partial charge in [0.25, 0.3) is 0 Å². The minimum absolute atomic E-state index is 0.0245. The Labute approximate surface area is 149 Å². The molecule has 0 saturated carbocycles. The van der Waals surface area contributed by atoms with Gasteiger partial charge in [-0.2, -0.15) is 0 Å². The van der Waals surface area contributed by atoms with E-state index in [0.717, 1.165) is 43.9 Å². The maximum Gasteiger partial charge on any atom is 0.237 e. The largest absolute Gasteiger partial charge is 0.493 e. The Bertz CT molecular complexity index is 585. The molecule has 2 N–H and O–H groups in total. The smallest absolute Gasteiger partial charge is 0.237 e. The van der Waals surface area contributed by atoms with E-state index in [1.54, 1.807) is 0 Å². The van der Waals surface area contributed by atoms with Crippen LogP contribution in [0.4, 0.5) is 0 Å². The number of hydrogen-bond acceptors (Lipinski definition) is 5. The number of aliphatic hydroxyl groups excluding tert-OH is 1. The molecule has 6 heteroatoms. The van der Waals surface area contributed by atoms with Crippen molar-refractivity contribution in [1.82, 2.24) is 15.1 Å². The lowest BCUT2D eigenvalue weighted by molar-refractivity contribution is -0.127. The quantitative estimate of drug-likeness (QED) is 0.832. The fourth-order valence-electron chi connectivity index (χ4n) is 3.66. The van der Waals surface area contributed by atoms with Gasteiger partial charge in [-0.3, -0.25) is 14.6 Å². The summed E-state index contributed by atoms with van der Waals surface area (Å²) >= 11 is 0. The number of piperazine rings is 1. The van der Waals surface area contributed by atoms with E-state index >= 15 is 0 Å². The number of hydrogen-bond donors (Lipinski definition) is 2. The molecule has 1 fully saturated rings. The van der Waals surface area contributed by atoms with Crippen LogP contribution in [0, 0.1) is 0 Å². The Kier molecular flexibility index (Phi) is 5.93. The van der Waals surface area contributed by atoms with Gasteiger partial charge in [-0.25, -0.2) is 0 Å². The molecule has 1 saturated heterocycles. The van der Waals surface area contributed by atoms with Crippen LogP contribution in [0.1, 0.15) is 31.9 Å². The third-order valence-electron chi connectivity index (χ3n) is 5.13. The van der Waals surface area contributed by atoms with E-state index in [0.29, 0.717) is 13.2 Å². The maximum atomic E-state index is 12.7. The molecule has 6 nitrogen and oxygen atoms in total. The molecular weight excluding hydrogens is 318 g/mol. The van der Waals surface area contributed by atoms with Crippen molar-refractivity contribution in [3.63, 3.8) is 0 Å². The van der Waals surface area contributed by atoms with Gasteiger partial charge in [-0.15, -0.1) is 0 Å². The first-order valence-electron chi connectivity index (χ1n) is 9.21. The van der Waals surface area contributed by atoms with Crippen molar-refractivity contribution in [2.45, 2.75) is 38.5 Å². The summed E-state index contributed by atoms with van der Waals surface area (Å²) in [6.45, 7) is 8.61. The Hall–Kier alpha value is -1.63. The fourth-order valence-corrected chi connectivity index (χ4v) is 3.66. The van der Waals surface area contributed by atoms with Crippen LogP contribution in [-0.4, -0.2) is 72.3 Å². The molecular formula is C19H29N3O3. The first-order chi connectivity index (χ1) is 12.0. The lowest BCUT2D eigenvalue weighted by atomic mass is 10.00. The van der Waals surface area contributed by atoms with Gasteiger partial charge in [-0.1, -0.05) is 18.2 Å². The molecule has 3 rings (SSSR count). The molecule has 0 aliphatic carbocycles. The van der Waals surface area contributed by atoms with Crippen LogP contribution in [0.5, 0.6) is 5.75 Å². The Morgan fingerprint density at radius 1 is 1.28 bits per heavy atom. The second-order valence-electron chi connectivity index (χ2n) is 7.10. The molecule has 0 aromatic heterocycles. The number of para-hydroxylation sites is 1. The highest BCUT2D eigenvalue weighted by Crippen LogP contribution is 2.31. The summed E-state index contributed by atoms with van der Waals surface area (Å²) in [7, 11) is 0.